The number of H-pyrrole nitrogens is 1. The molecule has 3 aromatic heterocycles. The van der Waals surface area contributed by atoms with E-state index in [1.165, 1.54) is 0 Å². The highest BCUT2D eigenvalue weighted by molar-refractivity contribution is 5.54. The van der Waals surface area contributed by atoms with Crippen molar-refractivity contribution in [3.05, 3.63) is 41.0 Å². The zero-order valence-corrected chi connectivity index (χ0v) is 15.8. The van der Waals surface area contributed by atoms with Crippen molar-refractivity contribution in [3.63, 3.8) is 0 Å². The normalized spacial score (nSPS) is 11.3. The lowest BCUT2D eigenvalue weighted by atomic mass is 10.1. The molecule has 26 heavy (non-hydrogen) atoms. The first-order valence-electron chi connectivity index (χ1n) is 8.78. The Kier molecular flexibility index (Phi) is 5.20. The molecule has 0 bridgehead atoms. The van der Waals surface area contributed by atoms with E-state index >= 15 is 0 Å². The fourth-order valence-corrected chi connectivity index (χ4v) is 2.39. The van der Waals surface area contributed by atoms with Gasteiger partial charge in [0.15, 0.2) is 11.6 Å². The Labute approximate surface area is 152 Å². The van der Waals surface area contributed by atoms with Crippen molar-refractivity contribution in [2.75, 3.05) is 10.6 Å². The molecule has 0 aliphatic carbocycles. The van der Waals surface area contributed by atoms with Gasteiger partial charge in [0, 0.05) is 29.6 Å². The standard InChI is InChI=1S/C18H25N7O/c1-10(2)14-8-17(24-23-14)21-16-6-12(5)20-18(22-16)19-9-13-7-15(11(3)4)25-26-13/h6-8,10-11H,9H2,1-5H3,(H3,19,20,21,22,23,24). The van der Waals surface area contributed by atoms with Crippen LogP contribution in [0.4, 0.5) is 17.6 Å². The first-order chi connectivity index (χ1) is 12.4. The molecule has 3 N–H and O–H groups in total. The van der Waals surface area contributed by atoms with Crippen molar-refractivity contribution < 1.29 is 4.52 Å². The zero-order valence-electron chi connectivity index (χ0n) is 15.8. The van der Waals surface area contributed by atoms with Crippen molar-refractivity contribution >= 4 is 17.6 Å². The van der Waals surface area contributed by atoms with Crippen LogP contribution in [0.15, 0.2) is 22.7 Å². The second kappa shape index (κ2) is 7.55. The predicted octanol–water partition coefficient (Wildman–Crippen LogP) is 4.10. The van der Waals surface area contributed by atoms with Crippen molar-refractivity contribution in [2.45, 2.75) is 53.0 Å². The van der Waals surface area contributed by atoms with Crippen LogP contribution in [-0.2, 0) is 6.54 Å². The average Bonchev–Trinajstić information content (AvgIpc) is 3.21. The lowest BCUT2D eigenvalue weighted by Gasteiger charge is -2.07. The molecule has 0 aromatic carbocycles. The third-order valence-electron chi connectivity index (χ3n) is 3.92. The van der Waals surface area contributed by atoms with Crippen LogP contribution in [0.5, 0.6) is 0 Å². The number of nitrogens with zero attached hydrogens (tertiary/aromatic N) is 4. The van der Waals surface area contributed by atoms with Crippen molar-refractivity contribution in [3.8, 4) is 0 Å². The van der Waals surface area contributed by atoms with E-state index in [9.17, 15) is 0 Å². The van der Waals surface area contributed by atoms with Crippen LogP contribution in [0.1, 0.15) is 62.4 Å². The van der Waals surface area contributed by atoms with Gasteiger partial charge in [0.25, 0.3) is 0 Å². The molecule has 3 aromatic rings. The van der Waals surface area contributed by atoms with Crippen molar-refractivity contribution in [2.24, 2.45) is 0 Å². The summed E-state index contributed by atoms with van der Waals surface area (Å²) in [6.07, 6.45) is 0. The number of hydrogen-bond acceptors (Lipinski definition) is 7. The van der Waals surface area contributed by atoms with E-state index in [0.717, 1.165) is 28.7 Å². The second-order valence-electron chi connectivity index (χ2n) is 6.93. The molecule has 0 radical (unpaired) electrons. The van der Waals surface area contributed by atoms with Gasteiger partial charge in [0.05, 0.1) is 12.2 Å². The van der Waals surface area contributed by atoms with E-state index in [-0.39, 0.29) is 0 Å². The summed E-state index contributed by atoms with van der Waals surface area (Å²) in [6, 6.07) is 5.81. The van der Waals surface area contributed by atoms with Gasteiger partial charge in [-0.05, 0) is 18.8 Å². The molecule has 0 saturated heterocycles. The lowest BCUT2D eigenvalue weighted by molar-refractivity contribution is 0.379. The Morgan fingerprint density at radius 3 is 2.50 bits per heavy atom. The summed E-state index contributed by atoms with van der Waals surface area (Å²) in [5.41, 5.74) is 2.86. The fourth-order valence-electron chi connectivity index (χ4n) is 2.39. The van der Waals surface area contributed by atoms with E-state index < -0.39 is 0 Å². The molecule has 0 saturated carbocycles. The number of nitrogens with one attached hydrogen (secondary N) is 3. The highest BCUT2D eigenvalue weighted by atomic mass is 16.5. The van der Waals surface area contributed by atoms with Gasteiger partial charge >= 0.3 is 0 Å². The molecule has 0 aliphatic heterocycles. The van der Waals surface area contributed by atoms with Crippen LogP contribution >= 0.6 is 0 Å². The second-order valence-corrected chi connectivity index (χ2v) is 6.93. The van der Waals surface area contributed by atoms with E-state index in [4.69, 9.17) is 4.52 Å². The Hall–Kier alpha value is -2.90. The quantitative estimate of drug-likeness (QED) is 0.586. The number of aromatic amines is 1. The van der Waals surface area contributed by atoms with Crippen LogP contribution in [-0.4, -0.2) is 25.3 Å². The molecule has 3 rings (SSSR count). The molecule has 8 heteroatoms. The molecular formula is C18H25N7O. The van der Waals surface area contributed by atoms with Crippen LogP contribution in [0.25, 0.3) is 0 Å². The molecule has 0 spiro atoms. The third kappa shape index (κ3) is 4.38. The lowest BCUT2D eigenvalue weighted by Crippen LogP contribution is -2.06. The molecular weight excluding hydrogens is 330 g/mol. The van der Waals surface area contributed by atoms with Gasteiger partial charge in [-0.2, -0.15) is 10.1 Å². The van der Waals surface area contributed by atoms with E-state index in [1.54, 1.807) is 0 Å². The van der Waals surface area contributed by atoms with Gasteiger partial charge in [-0.15, -0.1) is 0 Å². The monoisotopic (exact) mass is 355 g/mol. The molecule has 138 valence electrons. The maximum absolute atomic E-state index is 5.33. The average molecular weight is 355 g/mol. The Bertz CT molecular complexity index is 866. The highest BCUT2D eigenvalue weighted by Crippen LogP contribution is 2.20. The van der Waals surface area contributed by atoms with Crippen molar-refractivity contribution in [1.29, 1.82) is 0 Å². The summed E-state index contributed by atoms with van der Waals surface area (Å²) < 4.78 is 5.33. The van der Waals surface area contributed by atoms with Crippen LogP contribution in [0.2, 0.25) is 0 Å². The minimum Gasteiger partial charge on any atom is -0.359 e. The number of hydrogen-bond donors (Lipinski definition) is 3. The zero-order chi connectivity index (χ0) is 18.7. The first-order valence-corrected chi connectivity index (χ1v) is 8.78. The Balaban J connectivity index is 1.68. The Morgan fingerprint density at radius 1 is 1.04 bits per heavy atom. The van der Waals surface area contributed by atoms with E-state index in [2.05, 4.69) is 63.7 Å². The van der Waals surface area contributed by atoms with Crippen molar-refractivity contribution in [1.82, 2.24) is 25.3 Å². The molecule has 8 nitrogen and oxygen atoms in total. The maximum Gasteiger partial charge on any atom is 0.225 e. The van der Waals surface area contributed by atoms with Gasteiger partial charge in [-0.25, -0.2) is 4.98 Å². The summed E-state index contributed by atoms with van der Waals surface area (Å²) in [5.74, 6) is 3.41. The molecule has 0 atom stereocenters. The minimum absolute atomic E-state index is 0.336. The molecule has 0 fully saturated rings. The summed E-state index contributed by atoms with van der Waals surface area (Å²) >= 11 is 0. The van der Waals surface area contributed by atoms with Gasteiger partial charge in [0.1, 0.15) is 5.82 Å². The summed E-state index contributed by atoms with van der Waals surface area (Å²) in [5, 5.41) is 17.7. The maximum atomic E-state index is 5.33. The number of aromatic nitrogens is 5. The molecule has 0 unspecified atom stereocenters. The summed E-state index contributed by atoms with van der Waals surface area (Å²) in [7, 11) is 0. The van der Waals surface area contributed by atoms with Crippen LogP contribution in [0.3, 0.4) is 0 Å². The summed E-state index contributed by atoms with van der Waals surface area (Å²) in [4.78, 5) is 8.90. The summed E-state index contributed by atoms with van der Waals surface area (Å²) in [6.45, 7) is 10.8. The number of anilines is 3. The van der Waals surface area contributed by atoms with Crippen LogP contribution < -0.4 is 10.6 Å². The molecule has 0 aliphatic rings. The topological polar surface area (TPSA) is 105 Å². The van der Waals surface area contributed by atoms with Gasteiger partial charge in [-0.1, -0.05) is 32.9 Å². The third-order valence-corrected chi connectivity index (χ3v) is 3.92. The van der Waals surface area contributed by atoms with Crippen LogP contribution in [0, 0.1) is 6.92 Å². The molecule has 3 heterocycles. The Morgan fingerprint density at radius 2 is 1.85 bits per heavy atom. The van der Waals surface area contributed by atoms with E-state index in [1.807, 2.05) is 25.1 Å². The fraction of sp³-hybridized carbons (Fsp3) is 0.444. The van der Waals surface area contributed by atoms with Gasteiger partial charge < -0.3 is 15.2 Å². The van der Waals surface area contributed by atoms with E-state index in [0.29, 0.717) is 30.1 Å². The first kappa shape index (κ1) is 17.9. The van der Waals surface area contributed by atoms with Gasteiger partial charge in [0.2, 0.25) is 5.95 Å². The smallest absolute Gasteiger partial charge is 0.225 e. The minimum atomic E-state index is 0.336. The SMILES string of the molecule is Cc1cc(Nc2cc(C(C)C)[nH]n2)nc(NCc2cc(C(C)C)no2)n1. The number of rotatable bonds is 7. The van der Waals surface area contributed by atoms with Gasteiger partial charge in [-0.3, -0.25) is 5.10 Å². The number of aryl methyl sites for hydroxylation is 1. The predicted molar refractivity (Wildman–Crippen MR) is 101 cm³/mol. The molecule has 0 amide bonds. The highest BCUT2D eigenvalue weighted by Gasteiger charge is 2.10. The largest absolute Gasteiger partial charge is 0.359 e.